The molecule has 156 valence electrons. The van der Waals surface area contributed by atoms with Crippen molar-refractivity contribution in [1.29, 1.82) is 0 Å². The second kappa shape index (κ2) is 11.7. The number of hydrogen-bond donors (Lipinski definition) is 1. The van der Waals surface area contributed by atoms with E-state index in [4.69, 9.17) is 14.2 Å². The van der Waals surface area contributed by atoms with Gasteiger partial charge in [0, 0.05) is 24.8 Å². The Morgan fingerprint density at radius 1 is 0.931 bits per heavy atom. The maximum Gasteiger partial charge on any atom is 0.302 e. The number of hydrogen-bond acceptors (Lipinski definition) is 7. The zero-order valence-electron chi connectivity index (χ0n) is 16.2. The first-order valence-electron chi connectivity index (χ1n) is 9.17. The van der Waals surface area contributed by atoms with Crippen LogP contribution >= 0.6 is 0 Å². The van der Waals surface area contributed by atoms with E-state index in [0.717, 1.165) is 10.5 Å². The normalized spacial score (nSPS) is 13.1. The third-order valence-electron chi connectivity index (χ3n) is 3.89. The number of anilines is 1. The largest absolute Gasteiger partial charge is 0.461 e. The molecule has 0 unspecified atom stereocenters. The van der Waals surface area contributed by atoms with Crippen molar-refractivity contribution in [1.82, 2.24) is 4.90 Å². The Morgan fingerprint density at radius 2 is 1.55 bits per heavy atom. The summed E-state index contributed by atoms with van der Waals surface area (Å²) in [6, 6.07) is 7.01. The van der Waals surface area contributed by atoms with E-state index in [1.807, 2.05) is 0 Å². The van der Waals surface area contributed by atoms with Gasteiger partial charge in [-0.3, -0.25) is 24.1 Å². The first-order chi connectivity index (χ1) is 14.0. The quantitative estimate of drug-likeness (QED) is 0.315. The molecule has 9 nitrogen and oxygen atoms in total. The predicted molar refractivity (Wildman–Crippen MR) is 103 cm³/mol. The summed E-state index contributed by atoms with van der Waals surface area (Å²) < 4.78 is 15.5. The third-order valence-corrected chi connectivity index (χ3v) is 3.89. The van der Waals surface area contributed by atoms with Gasteiger partial charge in [0.1, 0.15) is 6.61 Å². The van der Waals surface area contributed by atoms with Gasteiger partial charge in [-0.05, 0) is 17.7 Å². The Bertz CT molecular complexity index is 741. The second-order valence-corrected chi connectivity index (χ2v) is 6.16. The standard InChI is InChI=1S/C20H24N2O7/c1-15(23)29-14-16-2-4-17(5-3-16)21-18(24)8-10-27-12-13-28-11-9-22-19(25)6-7-20(22)26/h2-7H,8-14H2,1H3,(H,21,24). The molecule has 29 heavy (non-hydrogen) atoms. The number of ether oxygens (including phenoxy) is 3. The number of nitrogens with one attached hydrogen (secondary N) is 1. The van der Waals surface area contributed by atoms with Gasteiger partial charge < -0.3 is 19.5 Å². The van der Waals surface area contributed by atoms with Gasteiger partial charge in [0.2, 0.25) is 5.91 Å². The maximum atomic E-state index is 11.9. The highest BCUT2D eigenvalue weighted by Gasteiger charge is 2.22. The maximum absolute atomic E-state index is 11.9. The van der Waals surface area contributed by atoms with Crippen LogP contribution in [0.3, 0.4) is 0 Å². The fourth-order valence-electron chi connectivity index (χ4n) is 2.39. The van der Waals surface area contributed by atoms with E-state index in [0.29, 0.717) is 18.9 Å². The number of benzene rings is 1. The lowest BCUT2D eigenvalue weighted by molar-refractivity contribution is -0.142. The van der Waals surface area contributed by atoms with Crippen molar-refractivity contribution in [2.75, 3.05) is 38.3 Å². The fraction of sp³-hybridized carbons (Fsp3) is 0.400. The smallest absolute Gasteiger partial charge is 0.302 e. The zero-order chi connectivity index (χ0) is 21.1. The van der Waals surface area contributed by atoms with Crippen molar-refractivity contribution in [3.63, 3.8) is 0 Å². The molecule has 3 amide bonds. The lowest BCUT2D eigenvalue weighted by atomic mass is 10.2. The van der Waals surface area contributed by atoms with E-state index in [2.05, 4.69) is 5.32 Å². The van der Waals surface area contributed by atoms with E-state index in [-0.39, 0.29) is 56.5 Å². The van der Waals surface area contributed by atoms with Crippen LogP contribution in [-0.2, 0) is 40.0 Å². The van der Waals surface area contributed by atoms with Gasteiger partial charge in [-0.2, -0.15) is 0 Å². The summed E-state index contributed by atoms with van der Waals surface area (Å²) in [6.07, 6.45) is 2.65. The van der Waals surface area contributed by atoms with Crippen LogP contribution in [0.15, 0.2) is 36.4 Å². The molecule has 1 heterocycles. The van der Waals surface area contributed by atoms with Crippen LogP contribution in [0.25, 0.3) is 0 Å². The Hall–Kier alpha value is -3.04. The highest BCUT2D eigenvalue weighted by atomic mass is 16.5. The minimum atomic E-state index is -0.345. The van der Waals surface area contributed by atoms with Gasteiger partial charge in [-0.25, -0.2) is 0 Å². The second-order valence-electron chi connectivity index (χ2n) is 6.16. The molecule has 1 aromatic rings. The monoisotopic (exact) mass is 404 g/mol. The first-order valence-corrected chi connectivity index (χ1v) is 9.17. The topological polar surface area (TPSA) is 111 Å². The number of carbonyl (C=O) groups is 4. The average Bonchev–Trinajstić information content (AvgIpc) is 3.01. The number of carbonyl (C=O) groups excluding carboxylic acids is 4. The van der Waals surface area contributed by atoms with Gasteiger partial charge >= 0.3 is 5.97 Å². The van der Waals surface area contributed by atoms with E-state index in [9.17, 15) is 19.2 Å². The van der Waals surface area contributed by atoms with Gasteiger partial charge in [-0.15, -0.1) is 0 Å². The molecule has 0 bridgehead atoms. The Kier molecular flexibility index (Phi) is 9.00. The summed E-state index contributed by atoms with van der Waals surface area (Å²) in [6.45, 7) is 2.82. The van der Waals surface area contributed by atoms with Crippen molar-refractivity contribution in [2.24, 2.45) is 0 Å². The molecule has 2 rings (SSSR count). The highest BCUT2D eigenvalue weighted by molar-refractivity contribution is 6.12. The van der Waals surface area contributed by atoms with Crippen LogP contribution in [0.5, 0.6) is 0 Å². The molecule has 0 aromatic heterocycles. The number of rotatable bonds is 12. The SMILES string of the molecule is CC(=O)OCc1ccc(NC(=O)CCOCCOCCN2C(=O)C=CC2=O)cc1. The number of imide groups is 1. The molecule has 0 radical (unpaired) electrons. The van der Waals surface area contributed by atoms with Gasteiger partial charge in [0.15, 0.2) is 0 Å². The Labute approximate surface area is 168 Å². The number of amides is 3. The summed E-state index contributed by atoms with van der Waals surface area (Å²) >= 11 is 0. The molecular weight excluding hydrogens is 380 g/mol. The highest BCUT2D eigenvalue weighted by Crippen LogP contribution is 2.11. The van der Waals surface area contributed by atoms with E-state index in [1.165, 1.54) is 19.1 Å². The molecular formula is C20H24N2O7. The van der Waals surface area contributed by atoms with Gasteiger partial charge in [0.05, 0.1) is 39.4 Å². The Morgan fingerprint density at radius 3 is 2.17 bits per heavy atom. The van der Waals surface area contributed by atoms with Gasteiger partial charge in [-0.1, -0.05) is 12.1 Å². The summed E-state index contributed by atoms with van der Waals surface area (Å²) in [5, 5.41) is 2.75. The van der Waals surface area contributed by atoms with Crippen LogP contribution in [0.2, 0.25) is 0 Å². The molecule has 1 N–H and O–H groups in total. The molecule has 0 atom stereocenters. The first kappa shape index (κ1) is 22.3. The van der Waals surface area contributed by atoms with E-state index < -0.39 is 0 Å². The average molecular weight is 404 g/mol. The van der Waals surface area contributed by atoms with Crippen molar-refractivity contribution in [2.45, 2.75) is 20.0 Å². The lowest BCUT2D eigenvalue weighted by Crippen LogP contribution is -2.33. The molecule has 1 aromatic carbocycles. The van der Waals surface area contributed by atoms with Crippen LogP contribution in [-0.4, -0.2) is 61.6 Å². The summed E-state index contributed by atoms with van der Waals surface area (Å²) in [5.74, 6) is -1.20. The molecule has 0 saturated heterocycles. The minimum Gasteiger partial charge on any atom is -0.461 e. The summed E-state index contributed by atoms with van der Waals surface area (Å²) in [4.78, 5) is 46.4. The Balaban J connectivity index is 1.50. The van der Waals surface area contributed by atoms with Crippen molar-refractivity contribution in [3.8, 4) is 0 Å². The van der Waals surface area contributed by atoms with E-state index >= 15 is 0 Å². The summed E-state index contributed by atoms with van der Waals surface area (Å²) in [5.41, 5.74) is 1.47. The molecule has 0 spiro atoms. The molecule has 1 aliphatic heterocycles. The molecule has 1 aliphatic rings. The van der Waals surface area contributed by atoms with Crippen LogP contribution in [0.1, 0.15) is 18.9 Å². The van der Waals surface area contributed by atoms with Gasteiger partial charge in [0.25, 0.3) is 11.8 Å². The minimum absolute atomic E-state index is 0.183. The van der Waals surface area contributed by atoms with Crippen molar-refractivity contribution < 1.29 is 33.4 Å². The molecule has 0 fully saturated rings. The lowest BCUT2D eigenvalue weighted by Gasteiger charge is -2.13. The van der Waals surface area contributed by atoms with Crippen LogP contribution < -0.4 is 5.32 Å². The number of nitrogens with zero attached hydrogens (tertiary/aromatic N) is 1. The van der Waals surface area contributed by atoms with Crippen LogP contribution in [0.4, 0.5) is 5.69 Å². The number of esters is 1. The fourth-order valence-corrected chi connectivity index (χ4v) is 2.39. The van der Waals surface area contributed by atoms with Crippen molar-refractivity contribution in [3.05, 3.63) is 42.0 Å². The van der Waals surface area contributed by atoms with E-state index in [1.54, 1.807) is 24.3 Å². The molecule has 0 saturated carbocycles. The molecule has 0 aliphatic carbocycles. The predicted octanol–water partition coefficient (Wildman–Crippen LogP) is 1.04. The van der Waals surface area contributed by atoms with Crippen molar-refractivity contribution >= 4 is 29.4 Å². The third kappa shape index (κ3) is 8.24. The molecule has 9 heteroatoms. The zero-order valence-corrected chi connectivity index (χ0v) is 16.2. The summed E-state index contributed by atoms with van der Waals surface area (Å²) in [7, 11) is 0. The van der Waals surface area contributed by atoms with Crippen LogP contribution in [0, 0.1) is 0 Å².